The SMILES string of the molecule is C=CCOc1cc2cc3ccoc3c(Br)c2oc1=O. The molecule has 0 aliphatic rings. The summed E-state index contributed by atoms with van der Waals surface area (Å²) in [4.78, 5) is 11.8. The monoisotopic (exact) mass is 320 g/mol. The van der Waals surface area contributed by atoms with Crippen molar-refractivity contribution < 1.29 is 13.6 Å². The van der Waals surface area contributed by atoms with Crippen LogP contribution >= 0.6 is 15.9 Å². The van der Waals surface area contributed by atoms with Gasteiger partial charge in [0, 0.05) is 10.8 Å². The van der Waals surface area contributed by atoms with E-state index in [1.165, 1.54) is 0 Å². The molecule has 19 heavy (non-hydrogen) atoms. The molecule has 0 amide bonds. The topological polar surface area (TPSA) is 52.6 Å². The fourth-order valence-corrected chi connectivity index (χ4v) is 2.51. The molecule has 3 rings (SSSR count). The lowest BCUT2D eigenvalue weighted by Gasteiger charge is -2.04. The molecule has 0 atom stereocenters. The zero-order chi connectivity index (χ0) is 13.4. The van der Waals surface area contributed by atoms with Gasteiger partial charge in [0.1, 0.15) is 11.1 Å². The van der Waals surface area contributed by atoms with E-state index in [0.717, 1.165) is 10.8 Å². The molecule has 0 spiro atoms. The van der Waals surface area contributed by atoms with Gasteiger partial charge in [-0.2, -0.15) is 0 Å². The minimum Gasteiger partial charge on any atom is -0.482 e. The fraction of sp³-hybridized carbons (Fsp3) is 0.0714. The molecule has 2 aromatic heterocycles. The molecule has 0 fully saturated rings. The number of hydrogen-bond acceptors (Lipinski definition) is 4. The highest BCUT2D eigenvalue weighted by atomic mass is 79.9. The minimum atomic E-state index is -0.527. The maximum Gasteiger partial charge on any atom is 0.379 e. The quantitative estimate of drug-likeness (QED) is 0.543. The predicted octanol–water partition coefficient (Wildman–Crippen LogP) is 3.87. The molecule has 0 saturated heterocycles. The molecule has 0 aliphatic carbocycles. The summed E-state index contributed by atoms with van der Waals surface area (Å²) in [6.45, 7) is 3.79. The molecule has 2 heterocycles. The standard InChI is InChI=1S/C14H9BrO4/c1-2-4-17-10-7-9-6-8-3-5-18-12(8)11(15)13(9)19-14(10)16/h2-3,5-7H,1,4H2. The minimum absolute atomic E-state index is 0.169. The van der Waals surface area contributed by atoms with Crippen LogP contribution in [0.4, 0.5) is 0 Å². The average Bonchev–Trinajstić information content (AvgIpc) is 2.86. The van der Waals surface area contributed by atoms with Crippen LogP contribution in [-0.4, -0.2) is 6.61 Å². The smallest absolute Gasteiger partial charge is 0.379 e. The largest absolute Gasteiger partial charge is 0.482 e. The third-order valence-corrected chi connectivity index (χ3v) is 3.43. The van der Waals surface area contributed by atoms with Crippen molar-refractivity contribution in [3.05, 3.63) is 52.0 Å². The van der Waals surface area contributed by atoms with E-state index in [1.807, 2.05) is 12.1 Å². The lowest BCUT2D eigenvalue weighted by Crippen LogP contribution is -2.06. The van der Waals surface area contributed by atoms with Gasteiger partial charge >= 0.3 is 5.63 Å². The highest BCUT2D eigenvalue weighted by Gasteiger charge is 2.13. The number of hydrogen-bond donors (Lipinski definition) is 0. The maximum absolute atomic E-state index is 11.8. The van der Waals surface area contributed by atoms with E-state index in [1.54, 1.807) is 18.4 Å². The average molecular weight is 321 g/mol. The van der Waals surface area contributed by atoms with E-state index in [2.05, 4.69) is 22.5 Å². The maximum atomic E-state index is 11.8. The Morgan fingerprint density at radius 2 is 2.16 bits per heavy atom. The Hall–Kier alpha value is -2.01. The molecule has 4 nitrogen and oxygen atoms in total. The molecule has 0 radical (unpaired) electrons. The second-order valence-electron chi connectivity index (χ2n) is 3.95. The van der Waals surface area contributed by atoms with Crippen LogP contribution in [-0.2, 0) is 0 Å². The summed E-state index contributed by atoms with van der Waals surface area (Å²) in [5.74, 6) is 0.169. The van der Waals surface area contributed by atoms with E-state index in [4.69, 9.17) is 13.6 Å². The van der Waals surface area contributed by atoms with Crippen LogP contribution in [0.1, 0.15) is 0 Å². The van der Waals surface area contributed by atoms with Gasteiger partial charge in [0.25, 0.3) is 0 Å². The Morgan fingerprint density at radius 1 is 1.32 bits per heavy atom. The Morgan fingerprint density at radius 3 is 2.95 bits per heavy atom. The first-order valence-electron chi connectivity index (χ1n) is 5.58. The van der Waals surface area contributed by atoms with Gasteiger partial charge < -0.3 is 13.6 Å². The number of ether oxygens (including phenoxy) is 1. The molecule has 0 bridgehead atoms. The van der Waals surface area contributed by atoms with Gasteiger partial charge in [0.05, 0.1) is 6.26 Å². The summed E-state index contributed by atoms with van der Waals surface area (Å²) < 4.78 is 16.5. The molecule has 3 aromatic rings. The molecule has 0 saturated carbocycles. The van der Waals surface area contributed by atoms with E-state index in [0.29, 0.717) is 15.6 Å². The van der Waals surface area contributed by atoms with Crippen LogP contribution in [0, 0.1) is 0 Å². The van der Waals surface area contributed by atoms with Gasteiger partial charge in [0.15, 0.2) is 11.2 Å². The van der Waals surface area contributed by atoms with Gasteiger partial charge in [-0.15, -0.1) is 0 Å². The van der Waals surface area contributed by atoms with Crippen LogP contribution in [0.3, 0.4) is 0 Å². The molecule has 0 N–H and O–H groups in total. The number of benzene rings is 1. The Labute approximate surface area is 116 Å². The van der Waals surface area contributed by atoms with Gasteiger partial charge in [-0.1, -0.05) is 12.7 Å². The van der Waals surface area contributed by atoms with Crippen LogP contribution in [0.25, 0.3) is 21.9 Å². The number of rotatable bonds is 3. The van der Waals surface area contributed by atoms with Crippen LogP contribution in [0.2, 0.25) is 0 Å². The predicted molar refractivity (Wildman–Crippen MR) is 75.6 cm³/mol. The van der Waals surface area contributed by atoms with E-state index >= 15 is 0 Å². The highest BCUT2D eigenvalue weighted by Crippen LogP contribution is 2.33. The van der Waals surface area contributed by atoms with Gasteiger partial charge in [0.2, 0.25) is 5.75 Å². The van der Waals surface area contributed by atoms with Crippen LogP contribution in [0.15, 0.2) is 55.2 Å². The van der Waals surface area contributed by atoms with Crippen molar-refractivity contribution in [2.75, 3.05) is 6.61 Å². The Kier molecular flexibility index (Phi) is 2.91. The lowest BCUT2D eigenvalue weighted by atomic mass is 10.2. The Balaban J connectivity index is 2.30. The summed E-state index contributed by atoms with van der Waals surface area (Å²) in [5.41, 5.74) is 0.565. The van der Waals surface area contributed by atoms with Crippen LogP contribution < -0.4 is 10.4 Å². The van der Waals surface area contributed by atoms with Crippen molar-refractivity contribution in [2.24, 2.45) is 0 Å². The third kappa shape index (κ3) is 1.96. The molecule has 0 unspecified atom stereocenters. The van der Waals surface area contributed by atoms with Crippen molar-refractivity contribution in [2.45, 2.75) is 0 Å². The van der Waals surface area contributed by atoms with Crippen molar-refractivity contribution in [1.82, 2.24) is 0 Å². The summed E-state index contributed by atoms with van der Waals surface area (Å²) >= 11 is 3.39. The summed E-state index contributed by atoms with van der Waals surface area (Å²) in [6.07, 6.45) is 3.15. The first-order valence-corrected chi connectivity index (χ1v) is 6.37. The second kappa shape index (κ2) is 4.59. The zero-order valence-electron chi connectivity index (χ0n) is 9.81. The van der Waals surface area contributed by atoms with E-state index in [9.17, 15) is 4.79 Å². The summed E-state index contributed by atoms with van der Waals surface area (Å²) in [5, 5.41) is 1.68. The normalized spacial score (nSPS) is 11.0. The first kappa shape index (κ1) is 12.0. The van der Waals surface area contributed by atoms with Crippen molar-refractivity contribution in [3.8, 4) is 5.75 Å². The molecular weight excluding hydrogens is 312 g/mol. The Bertz CT molecular complexity index is 828. The first-order chi connectivity index (χ1) is 9.20. The molecule has 96 valence electrons. The molecule has 0 aliphatic heterocycles. The number of fused-ring (bicyclic) bond motifs is 2. The third-order valence-electron chi connectivity index (χ3n) is 2.71. The van der Waals surface area contributed by atoms with Gasteiger partial charge in [-0.3, -0.25) is 0 Å². The van der Waals surface area contributed by atoms with Crippen molar-refractivity contribution in [1.29, 1.82) is 0 Å². The van der Waals surface area contributed by atoms with E-state index < -0.39 is 5.63 Å². The number of furan rings is 1. The molecule has 1 aromatic carbocycles. The zero-order valence-corrected chi connectivity index (χ0v) is 11.4. The van der Waals surface area contributed by atoms with Crippen molar-refractivity contribution >= 4 is 37.9 Å². The van der Waals surface area contributed by atoms with Crippen LogP contribution in [0.5, 0.6) is 5.75 Å². The van der Waals surface area contributed by atoms with E-state index in [-0.39, 0.29) is 12.4 Å². The molecular formula is C14H9BrO4. The van der Waals surface area contributed by atoms with Gasteiger partial charge in [-0.05, 0) is 34.1 Å². The molecule has 5 heteroatoms. The highest BCUT2D eigenvalue weighted by molar-refractivity contribution is 9.10. The summed E-state index contributed by atoms with van der Waals surface area (Å²) in [6, 6.07) is 5.37. The van der Waals surface area contributed by atoms with Gasteiger partial charge in [-0.25, -0.2) is 4.79 Å². The lowest BCUT2D eigenvalue weighted by molar-refractivity contribution is 0.342. The number of halogens is 1. The second-order valence-corrected chi connectivity index (χ2v) is 4.74. The van der Waals surface area contributed by atoms with Crippen molar-refractivity contribution in [3.63, 3.8) is 0 Å². The summed E-state index contributed by atoms with van der Waals surface area (Å²) in [7, 11) is 0. The fourth-order valence-electron chi connectivity index (χ4n) is 1.88.